The van der Waals surface area contributed by atoms with Crippen molar-refractivity contribution < 1.29 is 8.42 Å². The van der Waals surface area contributed by atoms with E-state index < -0.39 is 15.6 Å². The van der Waals surface area contributed by atoms with Gasteiger partial charge in [0.05, 0.1) is 5.02 Å². The standard InChI is InChI=1S/C13H20Cl2N2O2S/c1-5-13(2,3)17-20(18,19)11-7-10(14)6-9(8-16-4)12(11)15/h6-7,16-17H,5,8H2,1-4H3. The van der Waals surface area contributed by atoms with Crippen molar-refractivity contribution in [1.82, 2.24) is 10.0 Å². The number of hydrogen-bond acceptors (Lipinski definition) is 3. The Hall–Kier alpha value is -0.330. The summed E-state index contributed by atoms with van der Waals surface area (Å²) in [6, 6.07) is 3.03. The Morgan fingerprint density at radius 3 is 2.35 bits per heavy atom. The zero-order valence-corrected chi connectivity index (χ0v) is 14.4. The molecule has 0 amide bonds. The second-order valence-electron chi connectivity index (χ2n) is 5.25. The molecule has 0 saturated carbocycles. The van der Waals surface area contributed by atoms with Gasteiger partial charge in [0, 0.05) is 17.1 Å². The highest BCUT2D eigenvalue weighted by Gasteiger charge is 2.27. The molecule has 4 nitrogen and oxygen atoms in total. The maximum absolute atomic E-state index is 12.5. The molecule has 0 atom stereocenters. The van der Waals surface area contributed by atoms with Gasteiger partial charge < -0.3 is 5.32 Å². The van der Waals surface area contributed by atoms with E-state index in [-0.39, 0.29) is 9.92 Å². The van der Waals surface area contributed by atoms with Gasteiger partial charge in [-0.25, -0.2) is 13.1 Å². The highest BCUT2D eigenvalue weighted by Crippen LogP contribution is 2.30. The van der Waals surface area contributed by atoms with Gasteiger partial charge in [-0.3, -0.25) is 0 Å². The van der Waals surface area contributed by atoms with Crippen LogP contribution in [0.2, 0.25) is 10.0 Å². The Morgan fingerprint density at radius 1 is 1.25 bits per heavy atom. The normalized spacial score (nSPS) is 12.7. The summed E-state index contributed by atoms with van der Waals surface area (Å²) in [7, 11) is -1.96. The van der Waals surface area contributed by atoms with Gasteiger partial charge in [-0.05, 0) is 45.0 Å². The lowest BCUT2D eigenvalue weighted by atomic mass is 10.0. The molecule has 1 rings (SSSR count). The Morgan fingerprint density at radius 2 is 1.85 bits per heavy atom. The Kier molecular flexibility index (Phi) is 5.87. The predicted octanol–water partition coefficient (Wildman–Crippen LogP) is 3.18. The SMILES string of the molecule is CCC(C)(C)NS(=O)(=O)c1cc(Cl)cc(CNC)c1Cl. The lowest BCUT2D eigenvalue weighted by Gasteiger charge is -2.24. The van der Waals surface area contributed by atoms with Gasteiger partial charge in [0.2, 0.25) is 10.0 Å². The minimum Gasteiger partial charge on any atom is -0.316 e. The fraction of sp³-hybridized carbons (Fsp3) is 0.538. The summed E-state index contributed by atoms with van der Waals surface area (Å²) in [5, 5.41) is 3.47. The van der Waals surface area contributed by atoms with Gasteiger partial charge in [0.1, 0.15) is 4.90 Å². The molecule has 0 fully saturated rings. The average Bonchev–Trinajstić information content (AvgIpc) is 2.32. The molecule has 1 aromatic carbocycles. The zero-order valence-electron chi connectivity index (χ0n) is 12.0. The third kappa shape index (κ3) is 4.33. The lowest BCUT2D eigenvalue weighted by molar-refractivity contribution is 0.439. The number of benzene rings is 1. The zero-order chi connectivity index (χ0) is 15.6. The van der Waals surface area contributed by atoms with E-state index in [0.717, 1.165) is 0 Å². The third-order valence-corrected chi connectivity index (χ3v) is 5.53. The molecular weight excluding hydrogens is 319 g/mol. The first-order valence-electron chi connectivity index (χ1n) is 6.29. The lowest BCUT2D eigenvalue weighted by Crippen LogP contribution is -2.42. The van der Waals surface area contributed by atoms with Crippen molar-refractivity contribution in [2.75, 3.05) is 7.05 Å². The minimum absolute atomic E-state index is 0.0124. The van der Waals surface area contributed by atoms with Crippen LogP contribution in [-0.2, 0) is 16.6 Å². The van der Waals surface area contributed by atoms with E-state index in [1.165, 1.54) is 6.07 Å². The summed E-state index contributed by atoms with van der Waals surface area (Å²) in [6.07, 6.45) is 0.661. The van der Waals surface area contributed by atoms with Crippen molar-refractivity contribution in [2.45, 2.75) is 44.2 Å². The second kappa shape index (κ2) is 6.62. The van der Waals surface area contributed by atoms with Crippen molar-refractivity contribution in [2.24, 2.45) is 0 Å². The number of sulfonamides is 1. The quantitative estimate of drug-likeness (QED) is 0.837. The average molecular weight is 339 g/mol. The van der Waals surface area contributed by atoms with Gasteiger partial charge >= 0.3 is 0 Å². The molecule has 0 aliphatic rings. The van der Waals surface area contributed by atoms with Crippen LogP contribution in [-0.4, -0.2) is 21.0 Å². The van der Waals surface area contributed by atoms with E-state index in [0.29, 0.717) is 23.6 Å². The highest BCUT2D eigenvalue weighted by molar-refractivity contribution is 7.89. The van der Waals surface area contributed by atoms with E-state index in [1.807, 2.05) is 20.8 Å². The van der Waals surface area contributed by atoms with E-state index >= 15 is 0 Å². The first-order valence-corrected chi connectivity index (χ1v) is 8.53. The van der Waals surface area contributed by atoms with Crippen LogP contribution >= 0.6 is 23.2 Å². The van der Waals surface area contributed by atoms with Crippen molar-refractivity contribution in [1.29, 1.82) is 0 Å². The van der Waals surface area contributed by atoms with Crippen molar-refractivity contribution in [3.05, 3.63) is 27.7 Å². The van der Waals surface area contributed by atoms with Crippen LogP contribution in [0, 0.1) is 0 Å². The molecule has 0 aliphatic heterocycles. The van der Waals surface area contributed by atoms with Crippen LogP contribution in [0.25, 0.3) is 0 Å². The van der Waals surface area contributed by atoms with E-state index in [9.17, 15) is 8.42 Å². The van der Waals surface area contributed by atoms with Gasteiger partial charge in [0.15, 0.2) is 0 Å². The van der Waals surface area contributed by atoms with Crippen LogP contribution in [0.4, 0.5) is 0 Å². The molecule has 7 heteroatoms. The summed E-state index contributed by atoms with van der Waals surface area (Å²) in [5.74, 6) is 0. The molecular formula is C13H20Cl2N2O2S. The molecule has 0 aliphatic carbocycles. The fourth-order valence-electron chi connectivity index (χ4n) is 1.62. The topological polar surface area (TPSA) is 58.2 Å². The fourth-order valence-corrected chi connectivity index (χ4v) is 4.04. The van der Waals surface area contributed by atoms with Crippen molar-refractivity contribution in [3.8, 4) is 0 Å². The van der Waals surface area contributed by atoms with E-state index in [4.69, 9.17) is 23.2 Å². The molecule has 0 radical (unpaired) electrons. The summed E-state index contributed by atoms with van der Waals surface area (Å²) in [4.78, 5) is 0.0124. The van der Waals surface area contributed by atoms with Gasteiger partial charge in [-0.2, -0.15) is 0 Å². The third-order valence-electron chi connectivity index (χ3n) is 3.03. The maximum Gasteiger partial charge on any atom is 0.242 e. The molecule has 0 spiro atoms. The van der Waals surface area contributed by atoms with Gasteiger partial charge in [-0.1, -0.05) is 30.1 Å². The number of hydrogen-bond donors (Lipinski definition) is 2. The highest BCUT2D eigenvalue weighted by atomic mass is 35.5. The van der Waals surface area contributed by atoms with Crippen molar-refractivity contribution in [3.63, 3.8) is 0 Å². The van der Waals surface area contributed by atoms with Crippen LogP contribution in [0.15, 0.2) is 17.0 Å². The Bertz CT molecular complexity index is 586. The number of nitrogens with one attached hydrogen (secondary N) is 2. The van der Waals surface area contributed by atoms with Crippen LogP contribution in [0.1, 0.15) is 32.8 Å². The second-order valence-corrected chi connectivity index (χ2v) is 7.72. The molecule has 0 heterocycles. The molecule has 114 valence electrons. The smallest absolute Gasteiger partial charge is 0.242 e. The van der Waals surface area contributed by atoms with Gasteiger partial charge in [-0.15, -0.1) is 0 Å². The summed E-state index contributed by atoms with van der Waals surface area (Å²) in [5.41, 5.74) is 0.101. The summed E-state index contributed by atoms with van der Waals surface area (Å²) >= 11 is 12.2. The maximum atomic E-state index is 12.5. The summed E-state index contributed by atoms with van der Waals surface area (Å²) in [6.45, 7) is 5.99. The Labute approximate surface area is 130 Å². The molecule has 0 saturated heterocycles. The minimum atomic E-state index is -3.72. The van der Waals surface area contributed by atoms with Crippen molar-refractivity contribution >= 4 is 33.2 Å². The monoisotopic (exact) mass is 338 g/mol. The molecule has 1 aromatic rings. The Balaban J connectivity index is 3.31. The predicted molar refractivity (Wildman–Crippen MR) is 83.9 cm³/mol. The largest absolute Gasteiger partial charge is 0.316 e. The van der Waals surface area contributed by atoms with E-state index in [2.05, 4.69) is 10.0 Å². The van der Waals surface area contributed by atoms with Crippen LogP contribution in [0.3, 0.4) is 0 Å². The number of halogens is 2. The number of rotatable bonds is 6. The first-order chi connectivity index (χ1) is 9.13. The molecule has 0 aromatic heterocycles. The molecule has 0 bridgehead atoms. The summed E-state index contributed by atoms with van der Waals surface area (Å²) < 4.78 is 27.6. The van der Waals surface area contributed by atoms with Gasteiger partial charge in [0.25, 0.3) is 0 Å². The molecule has 0 unspecified atom stereocenters. The van der Waals surface area contributed by atoms with Crippen LogP contribution < -0.4 is 10.0 Å². The molecule has 2 N–H and O–H groups in total. The first kappa shape index (κ1) is 17.7. The van der Waals surface area contributed by atoms with E-state index in [1.54, 1.807) is 13.1 Å². The molecule has 20 heavy (non-hydrogen) atoms. The van der Waals surface area contributed by atoms with Crippen LogP contribution in [0.5, 0.6) is 0 Å².